The highest BCUT2D eigenvalue weighted by Gasteiger charge is 2.05. The Labute approximate surface area is 123 Å². The summed E-state index contributed by atoms with van der Waals surface area (Å²) in [5.41, 5.74) is 2.40. The third kappa shape index (κ3) is 4.34. The smallest absolute Gasteiger partial charge is 0.123 e. The third-order valence-electron chi connectivity index (χ3n) is 2.82. The van der Waals surface area contributed by atoms with Crippen LogP contribution in [-0.2, 0) is 6.42 Å². The number of thioether (sulfide) groups is 1. The minimum atomic E-state index is 0.539. The predicted molar refractivity (Wildman–Crippen MR) is 86.2 cm³/mol. The molecule has 1 aromatic carbocycles. The number of rotatable bonds is 6. The third-order valence-corrected chi connectivity index (χ3v) is 4.51. The van der Waals surface area contributed by atoms with Crippen molar-refractivity contribution in [1.29, 1.82) is 0 Å². The van der Waals surface area contributed by atoms with Crippen LogP contribution in [0.15, 0.2) is 34.5 Å². The molecule has 2 rings (SSSR count). The number of hydrogen-bond acceptors (Lipinski definition) is 4. The van der Waals surface area contributed by atoms with Crippen LogP contribution in [0.4, 0.5) is 0 Å². The molecule has 0 radical (unpaired) electrons. The Morgan fingerprint density at radius 2 is 2.00 bits per heavy atom. The lowest BCUT2D eigenvalue weighted by Crippen LogP contribution is -2.24. The van der Waals surface area contributed by atoms with E-state index in [4.69, 9.17) is 4.98 Å². The van der Waals surface area contributed by atoms with Gasteiger partial charge in [-0.3, -0.25) is 0 Å². The number of nitrogens with zero attached hydrogens (tertiary/aromatic N) is 1. The Balaban J connectivity index is 1.99. The zero-order chi connectivity index (χ0) is 13.7. The molecule has 4 heteroatoms. The van der Waals surface area contributed by atoms with E-state index in [1.807, 2.05) is 0 Å². The van der Waals surface area contributed by atoms with E-state index in [1.165, 1.54) is 16.2 Å². The van der Waals surface area contributed by atoms with Gasteiger partial charge in [-0.2, -0.15) is 0 Å². The molecule has 0 atom stereocenters. The summed E-state index contributed by atoms with van der Waals surface area (Å²) in [6.07, 6.45) is 3.09. The molecule has 0 bridgehead atoms. The Bertz CT molecular complexity index is 503. The van der Waals surface area contributed by atoms with Gasteiger partial charge in [-0.15, -0.1) is 23.1 Å². The van der Waals surface area contributed by atoms with Gasteiger partial charge in [0.2, 0.25) is 0 Å². The topological polar surface area (TPSA) is 24.9 Å². The van der Waals surface area contributed by atoms with Gasteiger partial charge in [-0.1, -0.05) is 26.0 Å². The van der Waals surface area contributed by atoms with E-state index in [2.05, 4.69) is 55.1 Å². The van der Waals surface area contributed by atoms with Crippen molar-refractivity contribution < 1.29 is 0 Å². The van der Waals surface area contributed by atoms with Gasteiger partial charge < -0.3 is 5.32 Å². The first-order chi connectivity index (χ1) is 9.19. The summed E-state index contributed by atoms with van der Waals surface area (Å²) in [4.78, 5) is 6.00. The lowest BCUT2D eigenvalue weighted by atomic mass is 10.2. The molecular weight excluding hydrogens is 272 g/mol. The van der Waals surface area contributed by atoms with Crippen molar-refractivity contribution in [3.63, 3.8) is 0 Å². The van der Waals surface area contributed by atoms with Crippen LogP contribution in [-0.4, -0.2) is 23.8 Å². The monoisotopic (exact) mass is 292 g/mol. The normalized spacial score (nSPS) is 11.2. The molecule has 19 heavy (non-hydrogen) atoms. The van der Waals surface area contributed by atoms with Gasteiger partial charge >= 0.3 is 0 Å². The summed E-state index contributed by atoms with van der Waals surface area (Å²) in [6, 6.07) is 9.15. The van der Waals surface area contributed by atoms with Crippen molar-refractivity contribution in [1.82, 2.24) is 10.3 Å². The molecule has 0 spiro atoms. The van der Waals surface area contributed by atoms with E-state index in [0.717, 1.165) is 18.0 Å². The molecule has 0 aliphatic rings. The molecule has 0 aliphatic heterocycles. The largest absolute Gasteiger partial charge is 0.314 e. The van der Waals surface area contributed by atoms with Gasteiger partial charge in [0.25, 0.3) is 0 Å². The Hall–Kier alpha value is -0.840. The molecule has 2 nitrogen and oxygen atoms in total. The first-order valence-electron chi connectivity index (χ1n) is 6.51. The maximum atomic E-state index is 4.70. The fourth-order valence-electron chi connectivity index (χ4n) is 1.78. The molecule has 2 aromatic rings. The molecule has 102 valence electrons. The highest BCUT2D eigenvalue weighted by Crippen LogP contribution is 2.26. The Kier molecular flexibility index (Phi) is 5.43. The molecule has 0 saturated carbocycles. The Morgan fingerprint density at radius 1 is 1.26 bits per heavy atom. The van der Waals surface area contributed by atoms with Gasteiger partial charge in [0.05, 0.1) is 5.69 Å². The summed E-state index contributed by atoms with van der Waals surface area (Å²) >= 11 is 3.50. The molecule has 0 unspecified atom stereocenters. The fourth-order valence-corrected chi connectivity index (χ4v) is 3.05. The van der Waals surface area contributed by atoms with Crippen molar-refractivity contribution in [2.45, 2.75) is 31.2 Å². The molecular formula is C15H20N2S2. The van der Waals surface area contributed by atoms with Crippen LogP contribution in [0.1, 0.15) is 19.5 Å². The molecule has 0 aliphatic carbocycles. The maximum Gasteiger partial charge on any atom is 0.123 e. The zero-order valence-electron chi connectivity index (χ0n) is 11.6. The predicted octanol–water partition coefficient (Wildman–Crippen LogP) is 4.07. The van der Waals surface area contributed by atoms with E-state index in [0.29, 0.717) is 6.04 Å². The average Bonchev–Trinajstić information content (AvgIpc) is 2.87. The minimum absolute atomic E-state index is 0.539. The van der Waals surface area contributed by atoms with E-state index >= 15 is 0 Å². The fraction of sp³-hybridized carbons (Fsp3) is 0.400. The summed E-state index contributed by atoms with van der Waals surface area (Å²) in [7, 11) is 0. The molecule has 0 amide bonds. The molecule has 0 saturated heterocycles. The molecule has 1 aromatic heterocycles. The van der Waals surface area contributed by atoms with Crippen LogP contribution >= 0.6 is 23.1 Å². The van der Waals surface area contributed by atoms with Crippen molar-refractivity contribution in [2.24, 2.45) is 0 Å². The van der Waals surface area contributed by atoms with Crippen LogP contribution in [0, 0.1) is 0 Å². The second-order valence-corrected chi connectivity index (χ2v) is 6.47. The summed E-state index contributed by atoms with van der Waals surface area (Å²) < 4.78 is 0. The van der Waals surface area contributed by atoms with E-state index in [1.54, 1.807) is 23.1 Å². The second-order valence-electron chi connectivity index (χ2n) is 4.73. The van der Waals surface area contributed by atoms with Crippen molar-refractivity contribution >= 4 is 23.1 Å². The van der Waals surface area contributed by atoms with E-state index in [-0.39, 0.29) is 0 Å². The highest BCUT2D eigenvalue weighted by molar-refractivity contribution is 7.98. The number of benzene rings is 1. The summed E-state index contributed by atoms with van der Waals surface area (Å²) in [5, 5.41) is 6.70. The molecule has 0 fully saturated rings. The van der Waals surface area contributed by atoms with Crippen molar-refractivity contribution in [3.8, 4) is 10.6 Å². The summed E-state index contributed by atoms with van der Waals surface area (Å²) in [6.45, 7) is 5.33. The number of hydrogen-bond donors (Lipinski definition) is 1. The average molecular weight is 292 g/mol. The lowest BCUT2D eigenvalue weighted by Gasteiger charge is -2.05. The minimum Gasteiger partial charge on any atom is -0.314 e. The van der Waals surface area contributed by atoms with Gasteiger partial charge in [0.15, 0.2) is 0 Å². The SMILES string of the molecule is CSc1ccc(-c2nc(CCNC(C)C)cs2)cc1. The Morgan fingerprint density at radius 3 is 2.63 bits per heavy atom. The summed E-state index contributed by atoms with van der Waals surface area (Å²) in [5.74, 6) is 0. The van der Waals surface area contributed by atoms with E-state index < -0.39 is 0 Å². The van der Waals surface area contributed by atoms with Crippen molar-refractivity contribution in [2.75, 3.05) is 12.8 Å². The second kappa shape index (κ2) is 7.08. The van der Waals surface area contributed by atoms with Crippen LogP contribution in [0.2, 0.25) is 0 Å². The number of aromatic nitrogens is 1. The zero-order valence-corrected chi connectivity index (χ0v) is 13.3. The standard InChI is InChI=1S/C15H20N2S2/c1-11(2)16-9-8-13-10-19-15(17-13)12-4-6-14(18-3)7-5-12/h4-7,10-11,16H,8-9H2,1-3H3. The first kappa shape index (κ1) is 14.6. The first-order valence-corrected chi connectivity index (χ1v) is 8.61. The van der Waals surface area contributed by atoms with Crippen LogP contribution < -0.4 is 5.32 Å². The molecule has 1 N–H and O–H groups in total. The van der Waals surface area contributed by atoms with Gasteiger partial charge in [0, 0.05) is 34.8 Å². The van der Waals surface area contributed by atoms with Crippen LogP contribution in [0.5, 0.6) is 0 Å². The number of thiazole rings is 1. The lowest BCUT2D eigenvalue weighted by molar-refractivity contribution is 0.588. The van der Waals surface area contributed by atoms with Gasteiger partial charge in [0.1, 0.15) is 5.01 Å². The quantitative estimate of drug-likeness (QED) is 0.812. The van der Waals surface area contributed by atoms with E-state index in [9.17, 15) is 0 Å². The van der Waals surface area contributed by atoms with Crippen molar-refractivity contribution in [3.05, 3.63) is 35.3 Å². The highest BCUT2D eigenvalue weighted by atomic mass is 32.2. The van der Waals surface area contributed by atoms with Gasteiger partial charge in [-0.25, -0.2) is 4.98 Å². The van der Waals surface area contributed by atoms with Gasteiger partial charge in [-0.05, 0) is 18.4 Å². The maximum absolute atomic E-state index is 4.70. The molecule has 1 heterocycles. The van der Waals surface area contributed by atoms with Crippen LogP contribution in [0.25, 0.3) is 10.6 Å². The number of nitrogens with one attached hydrogen (secondary N) is 1. The van der Waals surface area contributed by atoms with Crippen LogP contribution in [0.3, 0.4) is 0 Å².